The number of hydrogen-bond acceptors (Lipinski definition) is 4. The van der Waals surface area contributed by atoms with Gasteiger partial charge in [-0.1, -0.05) is 11.6 Å². The van der Waals surface area contributed by atoms with E-state index in [2.05, 4.69) is 0 Å². The Bertz CT molecular complexity index is 599. The summed E-state index contributed by atoms with van der Waals surface area (Å²) in [5.41, 5.74) is 0.325. The van der Waals surface area contributed by atoms with Gasteiger partial charge in [-0.25, -0.2) is 0 Å². The quantitative estimate of drug-likeness (QED) is 0.694. The number of aromatic hydroxyl groups is 2. The molecule has 2 rings (SSSR count). The van der Waals surface area contributed by atoms with E-state index in [1.165, 1.54) is 0 Å². The second-order valence-electron chi connectivity index (χ2n) is 3.88. The number of halogens is 1. The topological polar surface area (TPSA) is 74.6 Å². The van der Waals surface area contributed by atoms with Gasteiger partial charge >= 0.3 is 0 Å². The molecule has 88 valence electrons. The predicted octanol–water partition coefficient (Wildman–Crippen LogP) is 2.22. The number of Topliss-reactive ketones (excluding diaryl/α,β-unsaturated/α-hetero) is 1. The highest BCUT2D eigenvalue weighted by molar-refractivity contribution is 6.49. The van der Waals surface area contributed by atoms with Gasteiger partial charge in [-0.05, 0) is 25.0 Å². The molecule has 0 spiro atoms. The molecule has 1 aliphatic rings. The van der Waals surface area contributed by atoms with Crippen LogP contribution in [0.15, 0.2) is 11.1 Å². The highest BCUT2D eigenvalue weighted by Gasteiger charge is 2.32. The lowest BCUT2D eigenvalue weighted by Crippen LogP contribution is -2.16. The number of rotatable bonds is 0. The Morgan fingerprint density at radius 3 is 2.00 bits per heavy atom. The standard InChI is InChI=1S/C12H9ClO4/c1-4-5(2)11(16)9-8(10(4)15)7(14)3-6(13)12(9)17/h3,15-16H,1-2H3. The summed E-state index contributed by atoms with van der Waals surface area (Å²) < 4.78 is 0. The van der Waals surface area contributed by atoms with E-state index in [0.29, 0.717) is 11.1 Å². The van der Waals surface area contributed by atoms with E-state index >= 15 is 0 Å². The number of carbonyl (C=O) groups excluding carboxylic acids is 2. The Labute approximate surface area is 102 Å². The summed E-state index contributed by atoms with van der Waals surface area (Å²) in [6.07, 6.45) is 0.945. The fourth-order valence-corrected chi connectivity index (χ4v) is 1.99. The van der Waals surface area contributed by atoms with Crippen LogP contribution in [-0.4, -0.2) is 21.8 Å². The van der Waals surface area contributed by atoms with Crippen LogP contribution in [0.5, 0.6) is 11.5 Å². The van der Waals surface area contributed by atoms with Crippen LogP contribution in [0, 0.1) is 13.8 Å². The van der Waals surface area contributed by atoms with Crippen molar-refractivity contribution < 1.29 is 19.8 Å². The molecule has 2 N–H and O–H groups in total. The van der Waals surface area contributed by atoms with Crippen LogP contribution in [0.1, 0.15) is 31.8 Å². The average Bonchev–Trinajstić information content (AvgIpc) is 2.28. The first-order chi connectivity index (χ1) is 7.86. The van der Waals surface area contributed by atoms with Crippen LogP contribution >= 0.6 is 11.6 Å². The van der Waals surface area contributed by atoms with Gasteiger partial charge in [0.25, 0.3) is 0 Å². The van der Waals surface area contributed by atoms with E-state index in [1.807, 2.05) is 0 Å². The minimum absolute atomic E-state index is 0.181. The molecular formula is C12H9ClO4. The molecule has 0 atom stereocenters. The zero-order valence-corrected chi connectivity index (χ0v) is 9.92. The van der Waals surface area contributed by atoms with Crippen LogP contribution < -0.4 is 0 Å². The largest absolute Gasteiger partial charge is 0.507 e. The summed E-state index contributed by atoms with van der Waals surface area (Å²) in [4.78, 5) is 23.5. The van der Waals surface area contributed by atoms with E-state index in [-0.39, 0.29) is 27.7 Å². The van der Waals surface area contributed by atoms with Crippen molar-refractivity contribution in [3.63, 3.8) is 0 Å². The molecule has 0 aliphatic heterocycles. The molecule has 0 heterocycles. The lowest BCUT2D eigenvalue weighted by molar-refractivity contribution is 0.0985. The number of benzene rings is 1. The predicted molar refractivity (Wildman–Crippen MR) is 61.8 cm³/mol. The van der Waals surface area contributed by atoms with E-state index in [1.54, 1.807) is 13.8 Å². The summed E-state index contributed by atoms with van der Waals surface area (Å²) in [6, 6.07) is 0. The van der Waals surface area contributed by atoms with Gasteiger partial charge in [0, 0.05) is 6.08 Å². The Morgan fingerprint density at radius 1 is 1.00 bits per heavy atom. The van der Waals surface area contributed by atoms with Crippen LogP contribution in [0.4, 0.5) is 0 Å². The summed E-state index contributed by atoms with van der Waals surface area (Å²) in [5.74, 6) is -1.83. The van der Waals surface area contributed by atoms with Crippen LogP contribution in [-0.2, 0) is 0 Å². The Morgan fingerprint density at radius 2 is 1.47 bits per heavy atom. The number of phenolic OH excluding ortho intramolecular Hbond substituents is 2. The third-order valence-corrected chi connectivity index (χ3v) is 3.23. The Balaban J connectivity index is 2.93. The number of phenols is 2. The molecule has 17 heavy (non-hydrogen) atoms. The number of hydrogen-bond donors (Lipinski definition) is 2. The van der Waals surface area contributed by atoms with Gasteiger partial charge in [0.2, 0.25) is 5.78 Å². The maximum atomic E-state index is 11.8. The van der Waals surface area contributed by atoms with Crippen molar-refractivity contribution in [2.45, 2.75) is 13.8 Å². The number of fused-ring (bicyclic) bond motifs is 1. The lowest BCUT2D eigenvalue weighted by Gasteiger charge is -2.18. The van der Waals surface area contributed by atoms with E-state index in [4.69, 9.17) is 11.6 Å². The van der Waals surface area contributed by atoms with Gasteiger partial charge in [0.15, 0.2) is 5.78 Å². The normalized spacial score (nSPS) is 14.6. The molecule has 0 saturated heterocycles. The average molecular weight is 253 g/mol. The van der Waals surface area contributed by atoms with Gasteiger partial charge < -0.3 is 10.2 Å². The Hall–Kier alpha value is -1.81. The fraction of sp³-hybridized carbons (Fsp3) is 0.167. The maximum absolute atomic E-state index is 11.8. The van der Waals surface area contributed by atoms with Gasteiger partial charge in [0.05, 0.1) is 16.2 Å². The molecule has 0 fully saturated rings. The van der Waals surface area contributed by atoms with Crippen molar-refractivity contribution >= 4 is 23.2 Å². The second kappa shape index (κ2) is 3.60. The van der Waals surface area contributed by atoms with Crippen LogP contribution in [0.2, 0.25) is 0 Å². The van der Waals surface area contributed by atoms with Crippen molar-refractivity contribution in [3.8, 4) is 11.5 Å². The number of carbonyl (C=O) groups is 2. The van der Waals surface area contributed by atoms with Gasteiger partial charge in [0.1, 0.15) is 11.5 Å². The van der Waals surface area contributed by atoms with Crippen LogP contribution in [0.25, 0.3) is 0 Å². The first-order valence-corrected chi connectivity index (χ1v) is 5.25. The molecule has 0 bridgehead atoms. The molecule has 5 heteroatoms. The Kier molecular flexibility index (Phi) is 2.47. The van der Waals surface area contributed by atoms with E-state index < -0.39 is 11.6 Å². The molecule has 1 aromatic carbocycles. The molecule has 1 aliphatic carbocycles. The van der Waals surface area contributed by atoms with Crippen molar-refractivity contribution in [2.75, 3.05) is 0 Å². The monoisotopic (exact) mass is 252 g/mol. The van der Waals surface area contributed by atoms with Crippen molar-refractivity contribution in [2.24, 2.45) is 0 Å². The molecule has 0 unspecified atom stereocenters. The van der Waals surface area contributed by atoms with Gasteiger partial charge in [-0.2, -0.15) is 0 Å². The van der Waals surface area contributed by atoms with Gasteiger partial charge in [-0.3, -0.25) is 9.59 Å². The first kappa shape index (κ1) is 11.7. The van der Waals surface area contributed by atoms with Crippen molar-refractivity contribution in [3.05, 3.63) is 33.4 Å². The number of allylic oxidation sites excluding steroid dienone is 2. The lowest BCUT2D eigenvalue weighted by atomic mass is 9.88. The van der Waals surface area contributed by atoms with Gasteiger partial charge in [-0.15, -0.1) is 0 Å². The molecule has 0 saturated carbocycles. The molecular weight excluding hydrogens is 244 g/mol. The minimum atomic E-state index is -0.655. The highest BCUT2D eigenvalue weighted by Crippen LogP contribution is 2.40. The molecule has 4 nitrogen and oxygen atoms in total. The maximum Gasteiger partial charge on any atom is 0.209 e. The smallest absolute Gasteiger partial charge is 0.209 e. The molecule has 0 aromatic heterocycles. The highest BCUT2D eigenvalue weighted by atomic mass is 35.5. The number of ketones is 2. The third-order valence-electron chi connectivity index (χ3n) is 2.94. The van der Waals surface area contributed by atoms with Crippen LogP contribution in [0.3, 0.4) is 0 Å². The second-order valence-corrected chi connectivity index (χ2v) is 4.29. The summed E-state index contributed by atoms with van der Waals surface area (Å²) in [6.45, 7) is 3.11. The van der Waals surface area contributed by atoms with Crippen molar-refractivity contribution in [1.82, 2.24) is 0 Å². The summed E-state index contributed by atoms with van der Waals surface area (Å²) in [7, 11) is 0. The molecule has 0 radical (unpaired) electrons. The minimum Gasteiger partial charge on any atom is -0.507 e. The van der Waals surface area contributed by atoms with E-state index in [9.17, 15) is 19.8 Å². The zero-order chi connectivity index (χ0) is 12.9. The summed E-state index contributed by atoms with van der Waals surface area (Å²) in [5, 5.41) is 19.5. The SMILES string of the molecule is Cc1c(C)c(O)c2c(c1O)C(=O)C=C(Cl)C2=O. The summed E-state index contributed by atoms with van der Waals surface area (Å²) >= 11 is 5.60. The fourth-order valence-electron chi connectivity index (χ4n) is 1.80. The van der Waals surface area contributed by atoms with E-state index in [0.717, 1.165) is 6.08 Å². The third kappa shape index (κ3) is 1.45. The molecule has 0 amide bonds. The first-order valence-electron chi connectivity index (χ1n) is 4.87. The van der Waals surface area contributed by atoms with Crippen molar-refractivity contribution in [1.29, 1.82) is 0 Å². The zero-order valence-electron chi connectivity index (χ0n) is 9.17. The molecule has 1 aromatic rings.